The van der Waals surface area contributed by atoms with Crippen molar-refractivity contribution >= 4 is 0 Å². The van der Waals surface area contributed by atoms with Crippen molar-refractivity contribution in [2.45, 2.75) is 25.9 Å². The van der Waals surface area contributed by atoms with E-state index < -0.39 is 17.7 Å². The largest absolute Gasteiger partial charge is 0.508 e. The third-order valence-electron chi connectivity index (χ3n) is 3.36. The second-order valence-electron chi connectivity index (χ2n) is 5.03. The first-order chi connectivity index (χ1) is 9.88. The van der Waals surface area contributed by atoms with E-state index in [9.17, 15) is 19.0 Å². The molecular formula is C16H17F2NO2. The molecule has 0 saturated carbocycles. The Morgan fingerprint density at radius 1 is 0.905 bits per heavy atom. The van der Waals surface area contributed by atoms with Gasteiger partial charge in [-0.1, -0.05) is 6.07 Å². The summed E-state index contributed by atoms with van der Waals surface area (Å²) in [6.07, 6.45) is 0. The topological polar surface area (TPSA) is 52.5 Å². The second kappa shape index (κ2) is 6.10. The molecule has 3 nitrogen and oxygen atoms in total. The van der Waals surface area contributed by atoms with Crippen LogP contribution in [-0.2, 0) is 0 Å². The molecule has 0 aliphatic heterocycles. The summed E-state index contributed by atoms with van der Waals surface area (Å²) in [5.74, 6) is -1.35. The van der Waals surface area contributed by atoms with Crippen molar-refractivity contribution in [3.05, 3.63) is 59.2 Å². The van der Waals surface area contributed by atoms with Crippen molar-refractivity contribution in [2.24, 2.45) is 0 Å². The van der Waals surface area contributed by atoms with Gasteiger partial charge in [-0.2, -0.15) is 0 Å². The number of aromatic hydroxyl groups is 2. The third kappa shape index (κ3) is 3.49. The first-order valence-electron chi connectivity index (χ1n) is 6.61. The summed E-state index contributed by atoms with van der Waals surface area (Å²) < 4.78 is 27.4. The highest BCUT2D eigenvalue weighted by molar-refractivity contribution is 5.38. The van der Waals surface area contributed by atoms with E-state index in [2.05, 4.69) is 5.32 Å². The summed E-state index contributed by atoms with van der Waals surface area (Å²) in [5.41, 5.74) is 0.588. The highest BCUT2D eigenvalue weighted by atomic mass is 19.1. The lowest BCUT2D eigenvalue weighted by molar-refractivity contribution is 0.433. The van der Waals surface area contributed by atoms with Gasteiger partial charge in [0, 0.05) is 23.7 Å². The smallest absolute Gasteiger partial charge is 0.130 e. The predicted octanol–water partition coefficient (Wildman–Crippen LogP) is 3.79. The number of hydrogen-bond donors (Lipinski definition) is 3. The zero-order valence-electron chi connectivity index (χ0n) is 11.8. The van der Waals surface area contributed by atoms with Crippen LogP contribution in [0.25, 0.3) is 0 Å². The van der Waals surface area contributed by atoms with Crippen molar-refractivity contribution in [1.29, 1.82) is 0 Å². The Morgan fingerprint density at radius 2 is 1.43 bits per heavy atom. The number of rotatable bonds is 4. The molecule has 112 valence electrons. The zero-order valence-corrected chi connectivity index (χ0v) is 11.8. The quantitative estimate of drug-likeness (QED) is 0.804. The number of hydrogen-bond acceptors (Lipinski definition) is 3. The van der Waals surface area contributed by atoms with Crippen LogP contribution in [0.2, 0.25) is 0 Å². The Hall–Kier alpha value is -2.14. The van der Waals surface area contributed by atoms with Crippen LogP contribution in [0.1, 0.15) is 37.1 Å². The first-order valence-corrected chi connectivity index (χ1v) is 6.61. The fourth-order valence-corrected chi connectivity index (χ4v) is 2.35. The lowest BCUT2D eigenvalue weighted by Gasteiger charge is -2.22. The summed E-state index contributed by atoms with van der Waals surface area (Å²) >= 11 is 0. The maximum atomic E-state index is 13.7. The van der Waals surface area contributed by atoms with Crippen LogP contribution in [0.5, 0.6) is 11.5 Å². The van der Waals surface area contributed by atoms with E-state index >= 15 is 0 Å². The Balaban J connectivity index is 2.20. The number of phenols is 2. The van der Waals surface area contributed by atoms with E-state index in [-0.39, 0.29) is 23.1 Å². The third-order valence-corrected chi connectivity index (χ3v) is 3.36. The fraction of sp³-hybridized carbons (Fsp3) is 0.250. The lowest BCUT2D eigenvalue weighted by Crippen LogP contribution is -2.24. The Morgan fingerprint density at radius 3 is 1.95 bits per heavy atom. The van der Waals surface area contributed by atoms with E-state index in [1.807, 2.05) is 0 Å². The molecule has 0 radical (unpaired) electrons. The van der Waals surface area contributed by atoms with Crippen molar-refractivity contribution in [3.8, 4) is 11.5 Å². The molecule has 2 aromatic rings. The van der Waals surface area contributed by atoms with Crippen LogP contribution in [0, 0.1) is 11.6 Å². The van der Waals surface area contributed by atoms with E-state index in [4.69, 9.17) is 0 Å². The normalized spacial score (nSPS) is 13.9. The number of nitrogens with one attached hydrogen (secondary N) is 1. The molecule has 0 amide bonds. The van der Waals surface area contributed by atoms with E-state index in [0.29, 0.717) is 5.56 Å². The number of benzene rings is 2. The van der Waals surface area contributed by atoms with Gasteiger partial charge in [-0.3, -0.25) is 0 Å². The molecule has 3 N–H and O–H groups in total. The summed E-state index contributed by atoms with van der Waals surface area (Å²) in [4.78, 5) is 0. The Bertz CT molecular complexity index is 606. The molecule has 0 saturated heterocycles. The van der Waals surface area contributed by atoms with Gasteiger partial charge in [-0.05, 0) is 43.7 Å². The second-order valence-corrected chi connectivity index (χ2v) is 5.03. The molecule has 2 atom stereocenters. The molecule has 0 heterocycles. The van der Waals surface area contributed by atoms with Gasteiger partial charge in [0.1, 0.15) is 23.1 Å². The molecule has 2 rings (SSSR count). The monoisotopic (exact) mass is 293 g/mol. The molecule has 5 heteroatoms. The minimum absolute atomic E-state index is 0.0336. The van der Waals surface area contributed by atoms with Gasteiger partial charge < -0.3 is 15.5 Å². The molecule has 2 aromatic carbocycles. The zero-order chi connectivity index (χ0) is 15.6. The van der Waals surface area contributed by atoms with Crippen LogP contribution in [0.3, 0.4) is 0 Å². The van der Waals surface area contributed by atoms with E-state index in [1.54, 1.807) is 13.8 Å². The summed E-state index contributed by atoms with van der Waals surface area (Å²) in [5, 5.41) is 22.0. The highest BCUT2D eigenvalue weighted by Crippen LogP contribution is 2.28. The summed E-state index contributed by atoms with van der Waals surface area (Å²) in [6.45, 7) is 3.43. The highest BCUT2D eigenvalue weighted by Gasteiger charge is 2.18. The van der Waals surface area contributed by atoms with Gasteiger partial charge in [-0.15, -0.1) is 0 Å². The van der Waals surface area contributed by atoms with Crippen molar-refractivity contribution in [1.82, 2.24) is 5.32 Å². The molecule has 0 aliphatic rings. The minimum atomic E-state index is -0.610. The SMILES string of the molecule is CC(NC(C)c1c(F)cccc1F)c1cc(O)cc(O)c1. The maximum Gasteiger partial charge on any atom is 0.130 e. The minimum Gasteiger partial charge on any atom is -0.508 e. The lowest BCUT2D eigenvalue weighted by atomic mass is 10.0. The molecule has 0 fully saturated rings. The van der Waals surface area contributed by atoms with Crippen molar-refractivity contribution in [3.63, 3.8) is 0 Å². The van der Waals surface area contributed by atoms with E-state index in [1.165, 1.54) is 36.4 Å². The average molecular weight is 293 g/mol. The molecule has 0 aromatic heterocycles. The molecule has 21 heavy (non-hydrogen) atoms. The molecular weight excluding hydrogens is 276 g/mol. The van der Waals surface area contributed by atoms with Crippen LogP contribution in [0.15, 0.2) is 36.4 Å². The molecule has 0 spiro atoms. The van der Waals surface area contributed by atoms with Crippen LogP contribution in [-0.4, -0.2) is 10.2 Å². The predicted molar refractivity (Wildman–Crippen MR) is 76.1 cm³/mol. The fourth-order valence-electron chi connectivity index (χ4n) is 2.35. The molecule has 0 bridgehead atoms. The van der Waals surface area contributed by atoms with Gasteiger partial charge in [-0.25, -0.2) is 8.78 Å². The Kier molecular flexibility index (Phi) is 4.43. The van der Waals surface area contributed by atoms with Gasteiger partial charge in [0.05, 0.1) is 0 Å². The summed E-state index contributed by atoms with van der Waals surface area (Å²) in [6, 6.07) is 7.06. The van der Waals surface area contributed by atoms with Gasteiger partial charge in [0.15, 0.2) is 0 Å². The van der Waals surface area contributed by atoms with Crippen molar-refractivity contribution in [2.75, 3.05) is 0 Å². The standard InChI is InChI=1S/C16H17F2NO2/c1-9(11-6-12(20)8-13(21)7-11)19-10(2)16-14(17)4-3-5-15(16)18/h3-10,19-21H,1-2H3. The molecule has 2 unspecified atom stereocenters. The van der Waals surface area contributed by atoms with Crippen molar-refractivity contribution < 1.29 is 19.0 Å². The van der Waals surface area contributed by atoms with Crippen LogP contribution in [0.4, 0.5) is 8.78 Å². The Labute approximate surface area is 121 Å². The van der Waals surface area contributed by atoms with Crippen LogP contribution < -0.4 is 5.32 Å². The number of halogens is 2. The van der Waals surface area contributed by atoms with Gasteiger partial charge in [0.25, 0.3) is 0 Å². The molecule has 0 aliphatic carbocycles. The van der Waals surface area contributed by atoms with Gasteiger partial charge in [0.2, 0.25) is 0 Å². The maximum absolute atomic E-state index is 13.7. The van der Waals surface area contributed by atoms with E-state index in [0.717, 1.165) is 0 Å². The number of phenolic OH excluding ortho intramolecular Hbond substituents is 2. The summed E-state index contributed by atoms with van der Waals surface area (Å²) in [7, 11) is 0. The van der Waals surface area contributed by atoms with Crippen LogP contribution >= 0.6 is 0 Å². The van der Waals surface area contributed by atoms with Gasteiger partial charge >= 0.3 is 0 Å². The first kappa shape index (κ1) is 15.3. The average Bonchev–Trinajstić information content (AvgIpc) is 2.37.